The highest BCUT2D eigenvalue weighted by molar-refractivity contribution is 7.92. The molecular weight excluding hydrogens is 280 g/mol. The molecule has 1 aliphatic rings. The smallest absolute Gasteiger partial charge is 0.203 e. The Labute approximate surface area is 118 Å². The molecular formula is C14H18O5S. The van der Waals surface area contributed by atoms with E-state index in [0.29, 0.717) is 17.1 Å². The van der Waals surface area contributed by atoms with Gasteiger partial charge in [0.25, 0.3) is 0 Å². The van der Waals surface area contributed by atoms with E-state index in [-0.39, 0.29) is 24.7 Å². The molecule has 0 aromatic heterocycles. The zero-order chi connectivity index (χ0) is 15.0. The minimum Gasteiger partial charge on any atom is -0.492 e. The molecule has 1 aromatic carbocycles. The van der Waals surface area contributed by atoms with Crippen LogP contribution in [0.25, 0.3) is 0 Å². The van der Waals surface area contributed by atoms with Crippen molar-refractivity contribution < 1.29 is 22.7 Å². The molecule has 6 heteroatoms. The number of ether oxygens (including phenoxy) is 2. The van der Waals surface area contributed by atoms with Crippen LogP contribution in [-0.2, 0) is 9.84 Å². The Morgan fingerprint density at radius 1 is 1.30 bits per heavy atom. The van der Waals surface area contributed by atoms with Crippen molar-refractivity contribution in [1.29, 1.82) is 0 Å². The maximum Gasteiger partial charge on any atom is 0.203 e. The Hall–Kier alpha value is -1.56. The van der Waals surface area contributed by atoms with E-state index in [2.05, 4.69) is 0 Å². The van der Waals surface area contributed by atoms with E-state index in [4.69, 9.17) is 9.47 Å². The standard InChI is InChI=1S/C14H18O5S/c1-14(2,3)20(16,17)7-6-18-10-4-5-11-12(15)9-19-13(11)8-10/h4-5,8H,6-7,9H2,1-3H3. The third-order valence-electron chi connectivity index (χ3n) is 3.17. The Morgan fingerprint density at radius 3 is 2.65 bits per heavy atom. The zero-order valence-corrected chi connectivity index (χ0v) is 12.6. The van der Waals surface area contributed by atoms with Crippen molar-refractivity contribution in [1.82, 2.24) is 0 Å². The number of rotatable bonds is 4. The van der Waals surface area contributed by atoms with Crippen LogP contribution in [0.5, 0.6) is 11.5 Å². The second-order valence-electron chi connectivity index (χ2n) is 5.65. The zero-order valence-electron chi connectivity index (χ0n) is 11.8. The van der Waals surface area contributed by atoms with E-state index in [9.17, 15) is 13.2 Å². The number of sulfone groups is 1. The molecule has 1 heterocycles. The summed E-state index contributed by atoms with van der Waals surface area (Å²) in [5.41, 5.74) is 0.541. The van der Waals surface area contributed by atoms with Gasteiger partial charge in [0.05, 0.1) is 16.1 Å². The quantitative estimate of drug-likeness (QED) is 0.848. The summed E-state index contributed by atoms with van der Waals surface area (Å²) in [4.78, 5) is 11.4. The minimum absolute atomic E-state index is 0.0482. The van der Waals surface area contributed by atoms with Gasteiger partial charge in [-0.15, -0.1) is 0 Å². The third kappa shape index (κ3) is 2.95. The maximum atomic E-state index is 11.9. The van der Waals surface area contributed by atoms with Crippen LogP contribution in [0.1, 0.15) is 31.1 Å². The van der Waals surface area contributed by atoms with Crippen molar-refractivity contribution >= 4 is 15.6 Å². The van der Waals surface area contributed by atoms with Gasteiger partial charge >= 0.3 is 0 Å². The van der Waals surface area contributed by atoms with Crippen molar-refractivity contribution in [3.05, 3.63) is 23.8 Å². The van der Waals surface area contributed by atoms with Crippen molar-refractivity contribution in [3.63, 3.8) is 0 Å². The second kappa shape index (κ2) is 5.09. The molecule has 1 aromatic rings. The van der Waals surface area contributed by atoms with Gasteiger partial charge in [0, 0.05) is 6.07 Å². The largest absolute Gasteiger partial charge is 0.492 e. The van der Waals surface area contributed by atoms with Crippen LogP contribution in [-0.4, -0.2) is 37.9 Å². The molecule has 0 unspecified atom stereocenters. The van der Waals surface area contributed by atoms with Gasteiger partial charge in [-0.1, -0.05) is 0 Å². The maximum absolute atomic E-state index is 11.9. The predicted molar refractivity (Wildman–Crippen MR) is 75.3 cm³/mol. The second-order valence-corrected chi connectivity index (χ2v) is 8.51. The molecule has 1 aliphatic heterocycles. The molecule has 20 heavy (non-hydrogen) atoms. The minimum atomic E-state index is -3.20. The molecule has 0 N–H and O–H groups in total. The first kappa shape index (κ1) is 14.8. The summed E-state index contributed by atoms with van der Waals surface area (Å²) in [6, 6.07) is 4.90. The Morgan fingerprint density at radius 2 is 2.00 bits per heavy atom. The molecule has 0 amide bonds. The molecule has 0 fully saturated rings. The molecule has 110 valence electrons. The molecule has 0 aliphatic carbocycles. The first-order valence-corrected chi connectivity index (χ1v) is 8.01. The van der Waals surface area contributed by atoms with Crippen LogP contribution in [0.15, 0.2) is 18.2 Å². The molecule has 0 atom stereocenters. The molecule has 0 saturated carbocycles. The van der Waals surface area contributed by atoms with Crippen LogP contribution in [0.3, 0.4) is 0 Å². The Bertz CT molecular complexity index is 625. The number of hydrogen-bond donors (Lipinski definition) is 0. The summed E-state index contributed by atoms with van der Waals surface area (Å²) in [6.45, 7) is 5.12. The topological polar surface area (TPSA) is 69.7 Å². The first-order chi connectivity index (χ1) is 9.21. The Kier molecular flexibility index (Phi) is 3.77. The highest BCUT2D eigenvalue weighted by Crippen LogP contribution is 2.29. The lowest BCUT2D eigenvalue weighted by Crippen LogP contribution is -2.32. The monoisotopic (exact) mass is 298 g/mol. The van der Waals surface area contributed by atoms with Crippen LogP contribution >= 0.6 is 0 Å². The van der Waals surface area contributed by atoms with Gasteiger partial charge in [-0.2, -0.15) is 0 Å². The highest BCUT2D eigenvalue weighted by Gasteiger charge is 2.28. The van der Waals surface area contributed by atoms with Crippen molar-refractivity contribution in [2.24, 2.45) is 0 Å². The fraction of sp³-hybridized carbons (Fsp3) is 0.500. The number of hydrogen-bond acceptors (Lipinski definition) is 5. The van der Waals surface area contributed by atoms with Crippen molar-refractivity contribution in [3.8, 4) is 11.5 Å². The number of carbonyl (C=O) groups is 1. The number of fused-ring (bicyclic) bond motifs is 1. The lowest BCUT2D eigenvalue weighted by molar-refractivity contribution is 0.0961. The van der Waals surface area contributed by atoms with Gasteiger partial charge in [-0.3, -0.25) is 4.79 Å². The fourth-order valence-electron chi connectivity index (χ4n) is 1.74. The normalized spacial score (nSPS) is 14.8. The Balaban J connectivity index is 1.98. The van der Waals surface area contributed by atoms with E-state index in [0.717, 1.165) is 0 Å². The van der Waals surface area contributed by atoms with E-state index >= 15 is 0 Å². The summed E-state index contributed by atoms with van der Waals surface area (Å²) >= 11 is 0. The van der Waals surface area contributed by atoms with Crippen LogP contribution < -0.4 is 9.47 Å². The molecule has 0 saturated heterocycles. The molecule has 0 bridgehead atoms. The molecule has 0 spiro atoms. The first-order valence-electron chi connectivity index (χ1n) is 6.36. The summed E-state index contributed by atoms with van der Waals surface area (Å²) in [6.07, 6.45) is 0. The van der Waals surface area contributed by atoms with Crippen LogP contribution in [0.2, 0.25) is 0 Å². The van der Waals surface area contributed by atoms with Gasteiger partial charge in [0.1, 0.15) is 18.1 Å². The van der Waals surface area contributed by atoms with E-state index < -0.39 is 14.6 Å². The average molecular weight is 298 g/mol. The number of benzene rings is 1. The van der Waals surface area contributed by atoms with E-state index in [1.54, 1.807) is 39.0 Å². The SMILES string of the molecule is CC(C)(C)S(=O)(=O)CCOc1ccc2c(c1)OCC2=O. The molecule has 5 nitrogen and oxygen atoms in total. The average Bonchev–Trinajstić information content (AvgIpc) is 2.69. The third-order valence-corrected chi connectivity index (χ3v) is 5.74. The van der Waals surface area contributed by atoms with Crippen LogP contribution in [0.4, 0.5) is 0 Å². The summed E-state index contributed by atoms with van der Waals surface area (Å²) in [5.74, 6) is 0.892. The lowest BCUT2D eigenvalue weighted by atomic mass is 10.1. The van der Waals surface area contributed by atoms with Gasteiger partial charge in [-0.05, 0) is 32.9 Å². The number of Topliss-reactive ketones (excluding diaryl/α,β-unsaturated/α-hetero) is 1. The van der Waals surface area contributed by atoms with E-state index in [1.807, 2.05) is 0 Å². The van der Waals surface area contributed by atoms with Crippen molar-refractivity contribution in [2.45, 2.75) is 25.5 Å². The van der Waals surface area contributed by atoms with Gasteiger partial charge in [0.2, 0.25) is 5.78 Å². The lowest BCUT2D eigenvalue weighted by Gasteiger charge is -2.19. The van der Waals surface area contributed by atoms with E-state index in [1.165, 1.54) is 0 Å². The fourth-order valence-corrected chi connectivity index (χ4v) is 2.65. The van der Waals surface area contributed by atoms with Crippen molar-refractivity contribution in [2.75, 3.05) is 19.0 Å². The van der Waals surface area contributed by atoms with Gasteiger partial charge < -0.3 is 9.47 Å². The predicted octanol–water partition coefficient (Wildman–Crippen LogP) is 1.85. The summed E-state index contributed by atoms with van der Waals surface area (Å²) in [7, 11) is -3.20. The highest BCUT2D eigenvalue weighted by atomic mass is 32.2. The van der Waals surface area contributed by atoms with Crippen LogP contribution in [0, 0.1) is 0 Å². The molecule has 0 radical (unpaired) electrons. The molecule has 2 rings (SSSR count). The van der Waals surface area contributed by atoms with Gasteiger partial charge in [-0.25, -0.2) is 8.42 Å². The summed E-state index contributed by atoms with van der Waals surface area (Å²) < 4.78 is 33.7. The summed E-state index contributed by atoms with van der Waals surface area (Å²) in [5, 5.41) is 0. The van der Waals surface area contributed by atoms with Gasteiger partial charge in [0.15, 0.2) is 16.4 Å². The number of ketones is 1. The number of carbonyl (C=O) groups excluding carboxylic acids is 1.